The van der Waals surface area contributed by atoms with E-state index in [1.165, 1.54) is 11.8 Å². The van der Waals surface area contributed by atoms with Crippen LogP contribution >= 0.6 is 23.4 Å². The minimum Gasteiger partial charge on any atom is -0.326 e. The molecule has 0 saturated heterocycles. The number of rotatable bonds is 6. The lowest BCUT2D eigenvalue weighted by Crippen LogP contribution is -2.24. The zero-order chi connectivity index (χ0) is 21.0. The van der Waals surface area contributed by atoms with E-state index in [-0.39, 0.29) is 17.9 Å². The highest BCUT2D eigenvalue weighted by Gasteiger charge is 2.14. The average Bonchev–Trinajstić information content (AvgIpc) is 2.66. The first-order valence-electron chi connectivity index (χ1n) is 9.16. The number of carbonyl (C=O) groups is 1. The van der Waals surface area contributed by atoms with Crippen LogP contribution in [0.3, 0.4) is 0 Å². The van der Waals surface area contributed by atoms with E-state index in [1.807, 2.05) is 56.3 Å². The number of aryl methyl sites for hydroxylation is 3. The van der Waals surface area contributed by atoms with Crippen molar-refractivity contribution in [2.75, 3.05) is 5.32 Å². The Hall–Kier alpha value is -2.57. The maximum absolute atomic E-state index is 12.5. The molecular weight excluding hydrogens is 406 g/mol. The number of nitrogens with one attached hydrogen (secondary N) is 2. The van der Waals surface area contributed by atoms with Crippen LogP contribution in [0, 0.1) is 20.8 Å². The van der Waals surface area contributed by atoms with Crippen LogP contribution in [0.25, 0.3) is 0 Å². The van der Waals surface area contributed by atoms with Crippen molar-refractivity contribution >= 4 is 35.0 Å². The lowest BCUT2D eigenvalue weighted by atomic mass is 10.1. The first-order valence-corrected chi connectivity index (χ1v) is 10.5. The van der Waals surface area contributed by atoms with Crippen molar-refractivity contribution in [3.05, 3.63) is 85.8 Å². The molecule has 150 valence electrons. The topological polar surface area (TPSA) is 74.8 Å². The minimum absolute atomic E-state index is 0.0270. The van der Waals surface area contributed by atoms with Crippen LogP contribution in [0.2, 0.25) is 5.02 Å². The van der Waals surface area contributed by atoms with Gasteiger partial charge < -0.3 is 10.3 Å². The number of anilines is 1. The van der Waals surface area contributed by atoms with Crippen LogP contribution in [0.4, 0.5) is 5.69 Å². The van der Waals surface area contributed by atoms with Crippen LogP contribution in [0.1, 0.15) is 27.9 Å². The first-order chi connectivity index (χ1) is 13.8. The standard InChI is InChI=1S/C22H22ClN3O2S/c1-13-7-8-14(2)19(9-13)25-20(27)11-18-15(3)24-22(26-21(18)28)29-12-16-5-4-6-17(23)10-16/h4-10H,11-12H2,1-3H3,(H,25,27)(H,24,26,28). The van der Waals surface area contributed by atoms with Gasteiger partial charge in [-0.25, -0.2) is 4.98 Å². The summed E-state index contributed by atoms with van der Waals surface area (Å²) in [4.78, 5) is 32.2. The molecule has 5 nitrogen and oxygen atoms in total. The molecule has 3 rings (SSSR count). The van der Waals surface area contributed by atoms with Crippen LogP contribution in [-0.4, -0.2) is 15.9 Å². The molecule has 0 bridgehead atoms. The molecule has 0 radical (unpaired) electrons. The third-order valence-electron chi connectivity index (χ3n) is 4.47. The van der Waals surface area contributed by atoms with Gasteiger partial charge in [-0.3, -0.25) is 9.59 Å². The number of hydrogen-bond acceptors (Lipinski definition) is 4. The van der Waals surface area contributed by atoms with Crippen molar-refractivity contribution in [3.63, 3.8) is 0 Å². The summed E-state index contributed by atoms with van der Waals surface area (Å²) in [5.41, 5.74) is 4.47. The van der Waals surface area contributed by atoms with Crippen molar-refractivity contribution in [2.24, 2.45) is 0 Å². The predicted molar refractivity (Wildman–Crippen MR) is 119 cm³/mol. The molecule has 0 aliphatic heterocycles. The summed E-state index contributed by atoms with van der Waals surface area (Å²) in [7, 11) is 0. The van der Waals surface area contributed by atoms with Gasteiger partial charge in [-0.1, -0.05) is 47.6 Å². The largest absolute Gasteiger partial charge is 0.326 e. The van der Waals surface area contributed by atoms with E-state index in [4.69, 9.17) is 11.6 Å². The Labute approximate surface area is 178 Å². The molecule has 7 heteroatoms. The number of H-pyrrole nitrogens is 1. The molecule has 0 unspecified atom stereocenters. The van der Waals surface area contributed by atoms with Gasteiger partial charge in [0.2, 0.25) is 5.91 Å². The van der Waals surface area contributed by atoms with Gasteiger partial charge in [-0.15, -0.1) is 0 Å². The molecule has 1 aromatic heterocycles. The Bertz CT molecular complexity index is 1110. The van der Waals surface area contributed by atoms with Gasteiger partial charge in [0.1, 0.15) is 0 Å². The number of benzene rings is 2. The van der Waals surface area contributed by atoms with E-state index >= 15 is 0 Å². The molecule has 2 aromatic carbocycles. The summed E-state index contributed by atoms with van der Waals surface area (Å²) < 4.78 is 0. The summed E-state index contributed by atoms with van der Waals surface area (Å²) in [6.07, 6.45) is -0.0270. The second kappa shape index (κ2) is 9.29. The predicted octanol–water partition coefficient (Wildman–Crippen LogP) is 4.82. The highest BCUT2D eigenvalue weighted by atomic mass is 35.5. The molecule has 0 aliphatic carbocycles. The van der Waals surface area contributed by atoms with Crippen LogP contribution in [0.5, 0.6) is 0 Å². The van der Waals surface area contributed by atoms with E-state index in [9.17, 15) is 9.59 Å². The maximum Gasteiger partial charge on any atom is 0.255 e. The molecule has 2 N–H and O–H groups in total. The number of nitrogens with zero attached hydrogens (tertiary/aromatic N) is 1. The van der Waals surface area contributed by atoms with Crippen molar-refractivity contribution in [3.8, 4) is 0 Å². The zero-order valence-electron chi connectivity index (χ0n) is 16.5. The molecular formula is C22H22ClN3O2S. The van der Waals surface area contributed by atoms with Gasteiger partial charge in [0, 0.05) is 27.7 Å². The fraction of sp³-hybridized carbons (Fsp3) is 0.227. The van der Waals surface area contributed by atoms with Gasteiger partial charge in [0.15, 0.2) is 5.16 Å². The van der Waals surface area contributed by atoms with Crippen molar-refractivity contribution < 1.29 is 4.79 Å². The lowest BCUT2D eigenvalue weighted by molar-refractivity contribution is -0.115. The second-order valence-electron chi connectivity index (χ2n) is 6.90. The van der Waals surface area contributed by atoms with E-state index in [2.05, 4.69) is 15.3 Å². The third-order valence-corrected chi connectivity index (χ3v) is 5.65. The second-order valence-corrected chi connectivity index (χ2v) is 8.30. The monoisotopic (exact) mass is 427 g/mol. The highest BCUT2D eigenvalue weighted by molar-refractivity contribution is 7.98. The van der Waals surface area contributed by atoms with Crippen LogP contribution in [0.15, 0.2) is 52.4 Å². The van der Waals surface area contributed by atoms with E-state index in [1.54, 1.807) is 6.92 Å². The molecule has 0 spiro atoms. The molecule has 29 heavy (non-hydrogen) atoms. The normalized spacial score (nSPS) is 10.8. The smallest absolute Gasteiger partial charge is 0.255 e. The fourth-order valence-electron chi connectivity index (χ4n) is 2.87. The summed E-state index contributed by atoms with van der Waals surface area (Å²) in [6, 6.07) is 13.4. The molecule has 0 atom stereocenters. The molecule has 1 heterocycles. The Morgan fingerprint density at radius 2 is 1.97 bits per heavy atom. The summed E-state index contributed by atoms with van der Waals surface area (Å²) in [6.45, 7) is 5.65. The minimum atomic E-state index is -0.290. The third kappa shape index (κ3) is 5.71. The van der Waals surface area contributed by atoms with E-state index in [0.717, 1.165) is 22.4 Å². The van der Waals surface area contributed by atoms with Gasteiger partial charge in [0.25, 0.3) is 5.56 Å². The summed E-state index contributed by atoms with van der Waals surface area (Å²) in [5, 5.41) is 4.08. The molecule has 1 amide bonds. The Morgan fingerprint density at radius 1 is 1.17 bits per heavy atom. The van der Waals surface area contributed by atoms with Crippen LogP contribution < -0.4 is 10.9 Å². The number of halogens is 1. The highest BCUT2D eigenvalue weighted by Crippen LogP contribution is 2.21. The Morgan fingerprint density at radius 3 is 2.69 bits per heavy atom. The summed E-state index contributed by atoms with van der Waals surface area (Å²) in [5.74, 6) is 0.392. The fourth-order valence-corrected chi connectivity index (χ4v) is 3.93. The molecule has 0 aliphatic rings. The van der Waals surface area contributed by atoms with E-state index in [0.29, 0.717) is 27.2 Å². The van der Waals surface area contributed by atoms with Crippen LogP contribution in [-0.2, 0) is 17.0 Å². The number of amides is 1. The number of carbonyl (C=O) groups excluding carboxylic acids is 1. The van der Waals surface area contributed by atoms with Gasteiger partial charge >= 0.3 is 0 Å². The average molecular weight is 428 g/mol. The van der Waals surface area contributed by atoms with Gasteiger partial charge in [-0.05, 0) is 55.7 Å². The van der Waals surface area contributed by atoms with Crippen molar-refractivity contribution in [1.82, 2.24) is 9.97 Å². The van der Waals surface area contributed by atoms with Crippen molar-refractivity contribution in [2.45, 2.75) is 38.1 Å². The van der Waals surface area contributed by atoms with Crippen molar-refractivity contribution in [1.29, 1.82) is 0 Å². The van der Waals surface area contributed by atoms with Gasteiger partial charge in [0.05, 0.1) is 6.42 Å². The molecule has 0 fully saturated rings. The molecule has 0 saturated carbocycles. The Kier molecular flexibility index (Phi) is 6.77. The number of thioether (sulfide) groups is 1. The van der Waals surface area contributed by atoms with Gasteiger partial charge in [-0.2, -0.15) is 0 Å². The molecule has 3 aromatic rings. The number of aromatic nitrogens is 2. The SMILES string of the molecule is Cc1ccc(C)c(NC(=O)Cc2c(C)nc(SCc3cccc(Cl)c3)[nH]c2=O)c1. The number of hydrogen-bond donors (Lipinski definition) is 2. The quantitative estimate of drug-likeness (QED) is 0.436. The lowest BCUT2D eigenvalue weighted by Gasteiger charge is -2.10. The number of aromatic amines is 1. The zero-order valence-corrected chi connectivity index (χ0v) is 18.1. The first kappa shape index (κ1) is 21.1. The summed E-state index contributed by atoms with van der Waals surface area (Å²) >= 11 is 7.42. The maximum atomic E-state index is 12.5. The van der Waals surface area contributed by atoms with E-state index < -0.39 is 0 Å². The Balaban J connectivity index is 1.69.